The Bertz CT molecular complexity index is 502. The van der Waals surface area contributed by atoms with Crippen molar-refractivity contribution >= 4 is 10.2 Å². The number of nitrogens with zero attached hydrogens (tertiary/aromatic N) is 2. The Balaban J connectivity index is 2.13. The third kappa shape index (κ3) is 3.38. The highest BCUT2D eigenvalue weighted by atomic mass is 32.2. The molecule has 0 amide bonds. The molecule has 2 atom stereocenters. The van der Waals surface area contributed by atoms with Crippen molar-refractivity contribution in [3.63, 3.8) is 0 Å². The fraction of sp³-hybridized carbons (Fsp3) is 0.750. The Morgan fingerprint density at radius 3 is 3.00 bits per heavy atom. The van der Waals surface area contributed by atoms with E-state index in [0.717, 1.165) is 19.3 Å². The molecule has 2 heterocycles. The molecule has 2 rings (SSSR count). The molecule has 0 bridgehead atoms. The van der Waals surface area contributed by atoms with Crippen molar-refractivity contribution in [3.05, 3.63) is 18.2 Å². The molecule has 1 saturated heterocycles. The first kappa shape index (κ1) is 15.4. The van der Waals surface area contributed by atoms with Crippen LogP contribution in [0, 0.1) is 0 Å². The van der Waals surface area contributed by atoms with Gasteiger partial charge < -0.3 is 10.7 Å². The van der Waals surface area contributed by atoms with E-state index in [-0.39, 0.29) is 12.1 Å². The van der Waals surface area contributed by atoms with Crippen LogP contribution in [-0.2, 0) is 10.2 Å². The van der Waals surface area contributed by atoms with Crippen LogP contribution >= 0.6 is 0 Å². The van der Waals surface area contributed by atoms with Crippen LogP contribution in [0.2, 0.25) is 0 Å². The number of aromatic nitrogens is 2. The average Bonchev–Trinajstić information content (AvgIpc) is 2.98. The third-order valence-corrected chi connectivity index (χ3v) is 5.38. The van der Waals surface area contributed by atoms with Crippen LogP contribution in [0.3, 0.4) is 0 Å². The van der Waals surface area contributed by atoms with Gasteiger partial charge in [0.05, 0.1) is 6.04 Å². The van der Waals surface area contributed by atoms with Gasteiger partial charge in [0, 0.05) is 31.5 Å². The minimum Gasteiger partial charge on any atom is -0.347 e. The van der Waals surface area contributed by atoms with Crippen molar-refractivity contribution in [2.75, 3.05) is 13.1 Å². The van der Waals surface area contributed by atoms with Gasteiger partial charge in [-0.05, 0) is 19.3 Å². The third-order valence-electron chi connectivity index (χ3n) is 3.70. The molecule has 4 N–H and O–H groups in total. The maximum absolute atomic E-state index is 12.5. The van der Waals surface area contributed by atoms with Crippen LogP contribution in [0.15, 0.2) is 12.4 Å². The molecule has 1 aromatic rings. The smallest absolute Gasteiger partial charge is 0.280 e. The summed E-state index contributed by atoms with van der Waals surface area (Å²) in [4.78, 5) is 7.09. The summed E-state index contributed by atoms with van der Waals surface area (Å²) in [5, 5.41) is 0. The van der Waals surface area contributed by atoms with Crippen molar-refractivity contribution in [2.45, 2.75) is 44.7 Å². The van der Waals surface area contributed by atoms with Gasteiger partial charge in [0.25, 0.3) is 10.2 Å². The fourth-order valence-corrected chi connectivity index (χ4v) is 4.30. The van der Waals surface area contributed by atoms with Gasteiger partial charge in [0.1, 0.15) is 5.82 Å². The van der Waals surface area contributed by atoms with Crippen LogP contribution in [0.5, 0.6) is 0 Å². The second kappa shape index (κ2) is 6.66. The average molecular weight is 301 g/mol. The molecular weight excluding hydrogens is 278 g/mol. The summed E-state index contributed by atoms with van der Waals surface area (Å²) in [5.74, 6) is 0.636. The molecule has 7 nitrogen and oxygen atoms in total. The van der Waals surface area contributed by atoms with E-state index in [2.05, 4.69) is 14.7 Å². The topological polar surface area (TPSA) is 104 Å². The number of hydrogen-bond donors (Lipinski definition) is 3. The van der Waals surface area contributed by atoms with Gasteiger partial charge in [-0.1, -0.05) is 13.3 Å². The van der Waals surface area contributed by atoms with Crippen molar-refractivity contribution in [3.8, 4) is 0 Å². The van der Waals surface area contributed by atoms with E-state index in [1.54, 1.807) is 12.4 Å². The lowest BCUT2D eigenvalue weighted by atomic mass is 10.1. The molecule has 0 saturated carbocycles. The number of aromatic amines is 1. The first-order valence-corrected chi connectivity index (χ1v) is 8.51. The number of hydrogen-bond acceptors (Lipinski definition) is 4. The summed E-state index contributed by atoms with van der Waals surface area (Å²) in [6.45, 7) is 2.82. The molecule has 2 unspecified atom stereocenters. The lowest BCUT2D eigenvalue weighted by Gasteiger charge is -2.34. The van der Waals surface area contributed by atoms with Gasteiger partial charge in [-0.3, -0.25) is 0 Å². The second-order valence-corrected chi connectivity index (χ2v) is 6.71. The van der Waals surface area contributed by atoms with Crippen LogP contribution < -0.4 is 10.5 Å². The van der Waals surface area contributed by atoms with Crippen molar-refractivity contribution in [2.24, 2.45) is 5.73 Å². The summed E-state index contributed by atoms with van der Waals surface area (Å²) in [6, 6.07) is -0.439. The first-order chi connectivity index (χ1) is 9.58. The monoisotopic (exact) mass is 301 g/mol. The largest absolute Gasteiger partial charge is 0.347 e. The van der Waals surface area contributed by atoms with Gasteiger partial charge in [0.2, 0.25) is 0 Å². The Morgan fingerprint density at radius 2 is 2.40 bits per heavy atom. The number of nitrogens with one attached hydrogen (secondary N) is 2. The summed E-state index contributed by atoms with van der Waals surface area (Å²) < 4.78 is 29.3. The highest BCUT2D eigenvalue weighted by molar-refractivity contribution is 7.87. The molecule has 1 aliphatic heterocycles. The van der Waals surface area contributed by atoms with Gasteiger partial charge in [-0.15, -0.1) is 0 Å². The van der Waals surface area contributed by atoms with E-state index in [0.29, 0.717) is 25.3 Å². The number of piperidine rings is 1. The summed E-state index contributed by atoms with van der Waals surface area (Å²) in [6.07, 6.45) is 6.69. The number of rotatable bonds is 6. The highest BCUT2D eigenvalue weighted by Crippen LogP contribution is 2.21. The summed E-state index contributed by atoms with van der Waals surface area (Å²) in [7, 11) is -3.54. The molecule has 0 aromatic carbocycles. The van der Waals surface area contributed by atoms with Crippen LogP contribution in [0.1, 0.15) is 44.5 Å². The van der Waals surface area contributed by atoms with Crippen molar-refractivity contribution in [1.29, 1.82) is 0 Å². The van der Waals surface area contributed by atoms with Crippen molar-refractivity contribution in [1.82, 2.24) is 19.0 Å². The van der Waals surface area contributed by atoms with Gasteiger partial charge in [-0.25, -0.2) is 4.98 Å². The van der Waals surface area contributed by atoms with Crippen LogP contribution in [0.25, 0.3) is 0 Å². The molecule has 1 fully saturated rings. The molecular formula is C12H23N5O2S. The van der Waals surface area contributed by atoms with Gasteiger partial charge in [-0.2, -0.15) is 17.4 Å². The standard InChI is InChI=1S/C12H23N5O2S/c1-2-11(12-14-6-7-15-12)16-20(18,19)17-8-4-3-5-10(17)9-13/h6-7,10-11,16H,2-5,8-9,13H2,1H3,(H,14,15). The Labute approximate surface area is 120 Å². The Morgan fingerprint density at radius 1 is 1.60 bits per heavy atom. The maximum atomic E-state index is 12.5. The zero-order valence-corrected chi connectivity index (χ0v) is 12.6. The van der Waals surface area contributed by atoms with E-state index in [1.165, 1.54) is 4.31 Å². The molecule has 0 spiro atoms. The van der Waals surface area contributed by atoms with E-state index < -0.39 is 10.2 Å². The maximum Gasteiger partial charge on any atom is 0.280 e. The molecule has 1 aromatic heterocycles. The first-order valence-electron chi connectivity index (χ1n) is 7.07. The molecule has 0 radical (unpaired) electrons. The SMILES string of the molecule is CCC(NS(=O)(=O)N1CCCCC1CN)c1ncc[nH]1. The predicted molar refractivity (Wildman–Crippen MR) is 77.1 cm³/mol. The van der Waals surface area contributed by atoms with Crippen LogP contribution in [-0.4, -0.2) is 41.8 Å². The van der Waals surface area contributed by atoms with E-state index in [4.69, 9.17) is 5.73 Å². The molecule has 114 valence electrons. The molecule has 0 aliphatic carbocycles. The van der Waals surface area contributed by atoms with Crippen LogP contribution in [0.4, 0.5) is 0 Å². The minimum absolute atomic E-state index is 0.102. The van der Waals surface area contributed by atoms with E-state index in [9.17, 15) is 8.42 Å². The highest BCUT2D eigenvalue weighted by Gasteiger charge is 2.33. The summed E-state index contributed by atoms with van der Waals surface area (Å²) in [5.41, 5.74) is 5.70. The normalized spacial score (nSPS) is 22.8. The van der Waals surface area contributed by atoms with Gasteiger partial charge >= 0.3 is 0 Å². The summed E-state index contributed by atoms with van der Waals surface area (Å²) >= 11 is 0. The molecule has 8 heteroatoms. The Hall–Kier alpha value is -0.960. The fourth-order valence-electron chi connectivity index (χ4n) is 2.57. The van der Waals surface area contributed by atoms with Gasteiger partial charge in [0.15, 0.2) is 0 Å². The molecule has 20 heavy (non-hydrogen) atoms. The lowest BCUT2D eigenvalue weighted by molar-refractivity contribution is 0.252. The number of H-pyrrole nitrogens is 1. The minimum atomic E-state index is -3.54. The van der Waals surface area contributed by atoms with E-state index in [1.807, 2.05) is 6.92 Å². The number of imidazole rings is 1. The van der Waals surface area contributed by atoms with Crippen molar-refractivity contribution < 1.29 is 8.42 Å². The predicted octanol–water partition coefficient (Wildman–Crippen LogP) is 0.508. The molecule has 1 aliphatic rings. The van der Waals surface area contributed by atoms with E-state index >= 15 is 0 Å². The Kier molecular flexibility index (Phi) is 5.14. The second-order valence-electron chi connectivity index (χ2n) is 5.05. The lowest BCUT2D eigenvalue weighted by Crippen LogP contribution is -2.52. The number of nitrogens with two attached hydrogens (primary N) is 1. The zero-order chi connectivity index (χ0) is 14.6. The zero-order valence-electron chi connectivity index (χ0n) is 11.7. The quantitative estimate of drug-likeness (QED) is 0.712.